The van der Waals surface area contributed by atoms with Gasteiger partial charge in [-0.1, -0.05) is 36.4 Å². The summed E-state index contributed by atoms with van der Waals surface area (Å²) < 4.78 is 1.80. The van der Waals surface area contributed by atoms with Crippen LogP contribution in [0.15, 0.2) is 67.1 Å². The quantitative estimate of drug-likeness (QED) is 0.544. The number of carbonyl (C=O) groups is 1. The molecule has 2 aromatic heterocycles. The van der Waals surface area contributed by atoms with Gasteiger partial charge in [0.1, 0.15) is 5.69 Å². The van der Waals surface area contributed by atoms with Crippen molar-refractivity contribution in [1.29, 1.82) is 0 Å². The number of rotatable bonds is 2. The Balaban J connectivity index is 1.52. The summed E-state index contributed by atoms with van der Waals surface area (Å²) in [7, 11) is 1.91. The first-order chi connectivity index (χ1) is 13.7. The maximum Gasteiger partial charge on any atom is 0.274 e. The van der Waals surface area contributed by atoms with Crippen LogP contribution in [0.2, 0.25) is 0 Å². The van der Waals surface area contributed by atoms with Gasteiger partial charge in [-0.3, -0.25) is 14.5 Å². The minimum atomic E-state index is -0.0957. The molecule has 0 N–H and O–H groups in total. The zero-order valence-corrected chi connectivity index (χ0v) is 15.5. The molecule has 0 radical (unpaired) electrons. The summed E-state index contributed by atoms with van der Waals surface area (Å²) in [6, 6.07) is 15.9. The van der Waals surface area contributed by atoms with Crippen LogP contribution in [0.4, 0.5) is 0 Å². The minimum Gasteiger partial charge on any atom is -0.332 e. The molecule has 1 aliphatic rings. The molecular weight excluding hydrogens is 350 g/mol. The highest BCUT2D eigenvalue weighted by Crippen LogP contribution is 2.33. The third kappa shape index (κ3) is 2.83. The second kappa shape index (κ2) is 6.56. The molecular formula is C22H19N5O. The fourth-order valence-electron chi connectivity index (χ4n) is 3.89. The van der Waals surface area contributed by atoms with Gasteiger partial charge in [-0.15, -0.1) is 0 Å². The van der Waals surface area contributed by atoms with Crippen molar-refractivity contribution in [3.63, 3.8) is 0 Å². The second-order valence-corrected chi connectivity index (χ2v) is 7.13. The summed E-state index contributed by atoms with van der Waals surface area (Å²) >= 11 is 0. The van der Waals surface area contributed by atoms with Gasteiger partial charge < -0.3 is 4.90 Å². The summed E-state index contributed by atoms with van der Waals surface area (Å²) in [4.78, 5) is 24.0. The van der Waals surface area contributed by atoms with E-state index in [4.69, 9.17) is 0 Å². The van der Waals surface area contributed by atoms with Gasteiger partial charge in [0, 0.05) is 32.3 Å². The van der Waals surface area contributed by atoms with Crippen LogP contribution in [-0.2, 0) is 13.6 Å². The molecule has 0 spiro atoms. The predicted octanol–water partition coefficient (Wildman–Crippen LogP) is 3.15. The molecule has 0 fully saturated rings. The molecule has 4 aromatic rings. The Morgan fingerprint density at radius 1 is 1.04 bits per heavy atom. The molecule has 0 saturated carbocycles. The topological polar surface area (TPSA) is 63.9 Å². The Kier molecular flexibility index (Phi) is 3.90. The standard InChI is InChI=1S/C22H19N5O/c1-26-12-16(10-24-26)18-14-27(13-15-6-2-3-7-17(15)18)22(28)21-11-23-19-8-4-5-9-20(19)25-21/h2-12,18H,13-14H2,1H3. The molecule has 0 aliphatic carbocycles. The Morgan fingerprint density at radius 3 is 2.64 bits per heavy atom. The average molecular weight is 369 g/mol. The molecule has 5 rings (SSSR count). The lowest BCUT2D eigenvalue weighted by Crippen LogP contribution is -2.39. The summed E-state index contributed by atoms with van der Waals surface area (Å²) in [6.45, 7) is 1.16. The van der Waals surface area contributed by atoms with Crippen LogP contribution >= 0.6 is 0 Å². The molecule has 2 aromatic carbocycles. The van der Waals surface area contributed by atoms with E-state index in [0.717, 1.165) is 22.2 Å². The van der Waals surface area contributed by atoms with E-state index < -0.39 is 0 Å². The van der Waals surface area contributed by atoms with Crippen molar-refractivity contribution in [1.82, 2.24) is 24.6 Å². The van der Waals surface area contributed by atoms with Crippen LogP contribution in [0, 0.1) is 0 Å². The zero-order chi connectivity index (χ0) is 19.1. The van der Waals surface area contributed by atoms with Crippen LogP contribution in [0.25, 0.3) is 11.0 Å². The van der Waals surface area contributed by atoms with Crippen LogP contribution < -0.4 is 0 Å². The van der Waals surface area contributed by atoms with E-state index in [1.807, 2.05) is 54.7 Å². The monoisotopic (exact) mass is 369 g/mol. The Morgan fingerprint density at radius 2 is 1.82 bits per heavy atom. The van der Waals surface area contributed by atoms with Crippen molar-refractivity contribution in [2.24, 2.45) is 7.05 Å². The third-order valence-corrected chi connectivity index (χ3v) is 5.28. The first-order valence-electron chi connectivity index (χ1n) is 9.26. The number of benzene rings is 2. The lowest BCUT2D eigenvalue weighted by molar-refractivity contribution is 0.0719. The number of fused-ring (bicyclic) bond motifs is 2. The Bertz CT molecular complexity index is 1180. The molecule has 1 unspecified atom stereocenters. The van der Waals surface area contributed by atoms with Gasteiger partial charge >= 0.3 is 0 Å². The van der Waals surface area contributed by atoms with Crippen LogP contribution in [0.1, 0.15) is 33.1 Å². The molecule has 3 heterocycles. The lowest BCUT2D eigenvalue weighted by atomic mass is 9.86. The normalized spacial score (nSPS) is 16.2. The van der Waals surface area contributed by atoms with E-state index in [9.17, 15) is 4.79 Å². The maximum absolute atomic E-state index is 13.2. The number of amides is 1. The van der Waals surface area contributed by atoms with Crippen molar-refractivity contribution < 1.29 is 4.79 Å². The number of aryl methyl sites for hydroxylation is 1. The molecule has 138 valence electrons. The van der Waals surface area contributed by atoms with Crippen molar-refractivity contribution >= 4 is 16.9 Å². The molecule has 6 nitrogen and oxygen atoms in total. The summed E-state index contributed by atoms with van der Waals surface area (Å²) in [6.07, 6.45) is 5.47. The van der Waals surface area contributed by atoms with Gasteiger partial charge in [0.2, 0.25) is 0 Å². The van der Waals surface area contributed by atoms with Crippen molar-refractivity contribution in [3.8, 4) is 0 Å². The fraction of sp³-hybridized carbons (Fsp3) is 0.182. The average Bonchev–Trinajstić information content (AvgIpc) is 3.18. The van der Waals surface area contributed by atoms with Gasteiger partial charge in [0.05, 0.1) is 23.4 Å². The van der Waals surface area contributed by atoms with E-state index in [-0.39, 0.29) is 11.8 Å². The number of hydrogen-bond acceptors (Lipinski definition) is 4. The molecule has 1 aliphatic heterocycles. The van der Waals surface area contributed by atoms with E-state index in [1.54, 1.807) is 10.9 Å². The summed E-state index contributed by atoms with van der Waals surface area (Å²) in [5, 5.41) is 4.32. The number of nitrogens with zero attached hydrogens (tertiary/aromatic N) is 5. The molecule has 28 heavy (non-hydrogen) atoms. The molecule has 0 saturated heterocycles. The van der Waals surface area contributed by atoms with E-state index in [0.29, 0.717) is 18.8 Å². The first-order valence-corrected chi connectivity index (χ1v) is 9.26. The van der Waals surface area contributed by atoms with Crippen LogP contribution in [0.5, 0.6) is 0 Å². The highest BCUT2D eigenvalue weighted by atomic mass is 16.2. The van der Waals surface area contributed by atoms with E-state index >= 15 is 0 Å². The second-order valence-electron chi connectivity index (χ2n) is 7.13. The highest BCUT2D eigenvalue weighted by molar-refractivity contribution is 5.94. The SMILES string of the molecule is Cn1cc(C2CN(C(=O)c3cnc4ccccc4n3)Cc3ccccc32)cn1. The van der Waals surface area contributed by atoms with Crippen molar-refractivity contribution in [2.75, 3.05) is 6.54 Å². The number of aromatic nitrogens is 4. The predicted molar refractivity (Wildman–Crippen MR) is 106 cm³/mol. The zero-order valence-electron chi connectivity index (χ0n) is 15.5. The van der Waals surface area contributed by atoms with Gasteiger partial charge in [-0.2, -0.15) is 5.10 Å². The largest absolute Gasteiger partial charge is 0.332 e. The van der Waals surface area contributed by atoms with Crippen molar-refractivity contribution in [3.05, 3.63) is 89.5 Å². The third-order valence-electron chi connectivity index (χ3n) is 5.28. The first kappa shape index (κ1) is 16.6. The van der Waals surface area contributed by atoms with E-state index in [1.165, 1.54) is 5.56 Å². The molecule has 0 bridgehead atoms. The Hall–Kier alpha value is -3.54. The summed E-state index contributed by atoms with van der Waals surface area (Å²) in [5.74, 6) is -0.00216. The maximum atomic E-state index is 13.2. The smallest absolute Gasteiger partial charge is 0.274 e. The number of para-hydroxylation sites is 2. The van der Waals surface area contributed by atoms with Crippen molar-refractivity contribution in [2.45, 2.75) is 12.5 Å². The van der Waals surface area contributed by atoms with Gasteiger partial charge in [-0.25, -0.2) is 4.98 Å². The van der Waals surface area contributed by atoms with Crippen LogP contribution in [0.3, 0.4) is 0 Å². The lowest BCUT2D eigenvalue weighted by Gasteiger charge is -2.34. The molecule has 1 amide bonds. The van der Waals surface area contributed by atoms with E-state index in [2.05, 4.69) is 33.3 Å². The number of carbonyl (C=O) groups excluding carboxylic acids is 1. The summed E-state index contributed by atoms with van der Waals surface area (Å²) in [5.41, 5.74) is 5.42. The highest BCUT2D eigenvalue weighted by Gasteiger charge is 2.30. The van der Waals surface area contributed by atoms with Crippen LogP contribution in [-0.4, -0.2) is 37.1 Å². The fourth-order valence-corrected chi connectivity index (χ4v) is 3.89. The van der Waals surface area contributed by atoms with Gasteiger partial charge in [0.15, 0.2) is 0 Å². The minimum absolute atomic E-state index is 0.0935. The van der Waals surface area contributed by atoms with Gasteiger partial charge in [-0.05, 0) is 28.8 Å². The number of hydrogen-bond donors (Lipinski definition) is 0. The molecule has 6 heteroatoms. The molecule has 1 atom stereocenters. The Labute approximate surface area is 162 Å². The van der Waals surface area contributed by atoms with Gasteiger partial charge in [0.25, 0.3) is 5.91 Å².